The molecule has 1 aliphatic rings. The molecule has 4 heteroatoms. The van der Waals surface area contributed by atoms with E-state index in [0.717, 1.165) is 37.5 Å². The molecule has 0 aliphatic carbocycles. The predicted octanol–water partition coefficient (Wildman–Crippen LogP) is 3.55. The maximum absolute atomic E-state index is 5.94. The van der Waals surface area contributed by atoms with Gasteiger partial charge in [0.2, 0.25) is 0 Å². The molecular formula is C16H21ClN2O. The fraction of sp³-hybridized carbons (Fsp3) is 0.562. The van der Waals surface area contributed by atoms with Gasteiger partial charge in [0.25, 0.3) is 0 Å². The van der Waals surface area contributed by atoms with Crippen molar-refractivity contribution < 1.29 is 4.74 Å². The highest BCUT2D eigenvalue weighted by molar-refractivity contribution is 6.17. The van der Waals surface area contributed by atoms with E-state index in [1.54, 1.807) is 0 Å². The molecule has 1 atom stereocenters. The Morgan fingerprint density at radius 1 is 1.45 bits per heavy atom. The SMILES string of the molecule is Cc1cccc2c1nc(CCCl)n2CC1CCCOC1. The smallest absolute Gasteiger partial charge is 0.111 e. The van der Waals surface area contributed by atoms with E-state index in [1.807, 2.05) is 0 Å². The van der Waals surface area contributed by atoms with Crippen molar-refractivity contribution >= 4 is 22.6 Å². The van der Waals surface area contributed by atoms with Crippen LogP contribution in [0.4, 0.5) is 0 Å². The van der Waals surface area contributed by atoms with E-state index >= 15 is 0 Å². The average molecular weight is 293 g/mol. The van der Waals surface area contributed by atoms with E-state index in [0.29, 0.717) is 11.8 Å². The molecule has 1 unspecified atom stereocenters. The molecule has 108 valence electrons. The minimum atomic E-state index is 0.593. The first-order chi connectivity index (χ1) is 9.79. The van der Waals surface area contributed by atoms with Crippen molar-refractivity contribution in [2.24, 2.45) is 5.92 Å². The molecule has 0 spiro atoms. The van der Waals surface area contributed by atoms with Crippen LogP contribution in [-0.4, -0.2) is 28.6 Å². The number of hydrogen-bond acceptors (Lipinski definition) is 2. The number of alkyl halides is 1. The Morgan fingerprint density at radius 3 is 3.10 bits per heavy atom. The number of hydrogen-bond donors (Lipinski definition) is 0. The number of halogens is 1. The number of ether oxygens (including phenoxy) is 1. The van der Waals surface area contributed by atoms with Crippen molar-refractivity contribution in [3.8, 4) is 0 Å². The van der Waals surface area contributed by atoms with Gasteiger partial charge in [-0.05, 0) is 31.4 Å². The summed E-state index contributed by atoms with van der Waals surface area (Å²) in [7, 11) is 0. The summed E-state index contributed by atoms with van der Waals surface area (Å²) < 4.78 is 7.96. The van der Waals surface area contributed by atoms with Crippen molar-refractivity contribution in [1.29, 1.82) is 0 Å². The van der Waals surface area contributed by atoms with Crippen LogP contribution in [-0.2, 0) is 17.7 Å². The van der Waals surface area contributed by atoms with Gasteiger partial charge in [-0.2, -0.15) is 0 Å². The summed E-state index contributed by atoms with van der Waals surface area (Å²) in [5.74, 6) is 2.31. The highest BCUT2D eigenvalue weighted by Gasteiger charge is 2.18. The summed E-state index contributed by atoms with van der Waals surface area (Å²) >= 11 is 5.94. The molecule has 2 aromatic rings. The highest BCUT2D eigenvalue weighted by atomic mass is 35.5. The Labute approximate surface area is 124 Å². The van der Waals surface area contributed by atoms with Gasteiger partial charge in [0, 0.05) is 31.4 Å². The molecule has 0 amide bonds. The van der Waals surface area contributed by atoms with Crippen molar-refractivity contribution in [3.63, 3.8) is 0 Å². The molecule has 1 fully saturated rings. The minimum absolute atomic E-state index is 0.593. The summed E-state index contributed by atoms with van der Waals surface area (Å²) in [5.41, 5.74) is 3.58. The first-order valence-electron chi connectivity index (χ1n) is 7.38. The number of imidazole rings is 1. The van der Waals surface area contributed by atoms with Gasteiger partial charge in [-0.15, -0.1) is 11.6 Å². The largest absolute Gasteiger partial charge is 0.381 e. The fourth-order valence-corrected chi connectivity index (χ4v) is 3.19. The molecule has 3 nitrogen and oxygen atoms in total. The maximum atomic E-state index is 5.94. The lowest BCUT2D eigenvalue weighted by Gasteiger charge is -2.23. The number of nitrogens with zero attached hydrogens (tertiary/aromatic N) is 2. The van der Waals surface area contributed by atoms with Gasteiger partial charge in [-0.25, -0.2) is 4.98 Å². The zero-order chi connectivity index (χ0) is 13.9. The van der Waals surface area contributed by atoms with Gasteiger partial charge in [-0.1, -0.05) is 12.1 Å². The third-order valence-corrected chi connectivity index (χ3v) is 4.26. The second-order valence-corrected chi connectivity index (χ2v) is 5.98. The van der Waals surface area contributed by atoms with Gasteiger partial charge in [-0.3, -0.25) is 0 Å². The van der Waals surface area contributed by atoms with E-state index < -0.39 is 0 Å². The lowest BCUT2D eigenvalue weighted by atomic mass is 10.0. The van der Waals surface area contributed by atoms with Crippen molar-refractivity contribution in [1.82, 2.24) is 9.55 Å². The van der Waals surface area contributed by atoms with Gasteiger partial charge in [0.05, 0.1) is 17.6 Å². The Bertz CT molecular complexity index is 587. The summed E-state index contributed by atoms with van der Waals surface area (Å²) in [5, 5.41) is 0. The first kappa shape index (κ1) is 13.9. The molecule has 1 aliphatic heterocycles. The standard InChI is InChI=1S/C16H21ClN2O/c1-12-4-2-6-14-16(12)18-15(7-8-17)19(14)10-13-5-3-9-20-11-13/h2,4,6,13H,3,5,7-11H2,1H3. The molecule has 2 heterocycles. The van der Waals surface area contributed by atoms with E-state index in [1.165, 1.54) is 23.9 Å². The molecule has 20 heavy (non-hydrogen) atoms. The van der Waals surface area contributed by atoms with Gasteiger partial charge in [0.1, 0.15) is 5.82 Å². The van der Waals surface area contributed by atoms with Crippen LogP contribution in [0, 0.1) is 12.8 Å². The van der Waals surface area contributed by atoms with Gasteiger partial charge in [0.15, 0.2) is 0 Å². The Balaban J connectivity index is 1.97. The summed E-state index contributed by atoms with van der Waals surface area (Å²) in [6.07, 6.45) is 3.23. The second-order valence-electron chi connectivity index (χ2n) is 5.60. The lowest BCUT2D eigenvalue weighted by molar-refractivity contribution is 0.0485. The Morgan fingerprint density at radius 2 is 2.35 bits per heavy atom. The van der Waals surface area contributed by atoms with E-state index in [9.17, 15) is 0 Å². The van der Waals surface area contributed by atoms with Crippen LogP contribution in [0.15, 0.2) is 18.2 Å². The molecule has 3 rings (SSSR count). The van der Waals surface area contributed by atoms with Crippen molar-refractivity contribution in [3.05, 3.63) is 29.6 Å². The Hall–Kier alpha value is -1.06. The zero-order valence-corrected chi connectivity index (χ0v) is 12.7. The fourth-order valence-electron chi connectivity index (χ4n) is 3.02. The zero-order valence-electron chi connectivity index (χ0n) is 11.9. The normalized spacial score (nSPS) is 19.6. The van der Waals surface area contributed by atoms with Crippen LogP contribution in [0.2, 0.25) is 0 Å². The quantitative estimate of drug-likeness (QED) is 0.806. The van der Waals surface area contributed by atoms with Crippen LogP contribution in [0.25, 0.3) is 11.0 Å². The molecule has 1 aromatic carbocycles. The van der Waals surface area contributed by atoms with Crippen LogP contribution >= 0.6 is 11.6 Å². The van der Waals surface area contributed by atoms with E-state index in [2.05, 4.69) is 29.7 Å². The third-order valence-electron chi connectivity index (χ3n) is 4.07. The van der Waals surface area contributed by atoms with Crippen LogP contribution in [0.1, 0.15) is 24.2 Å². The number of para-hydroxylation sites is 1. The first-order valence-corrected chi connectivity index (χ1v) is 7.91. The van der Waals surface area contributed by atoms with Crippen LogP contribution in [0.5, 0.6) is 0 Å². The van der Waals surface area contributed by atoms with Crippen molar-refractivity contribution in [2.75, 3.05) is 19.1 Å². The maximum Gasteiger partial charge on any atom is 0.111 e. The number of fused-ring (bicyclic) bond motifs is 1. The molecule has 1 aromatic heterocycles. The van der Waals surface area contributed by atoms with Gasteiger partial charge >= 0.3 is 0 Å². The topological polar surface area (TPSA) is 27.1 Å². The molecule has 0 radical (unpaired) electrons. The molecule has 0 N–H and O–H groups in total. The summed E-state index contributed by atoms with van der Waals surface area (Å²) in [6, 6.07) is 6.39. The number of rotatable bonds is 4. The summed E-state index contributed by atoms with van der Waals surface area (Å²) in [6.45, 7) is 4.89. The van der Waals surface area contributed by atoms with E-state index in [4.69, 9.17) is 21.3 Å². The van der Waals surface area contributed by atoms with Crippen LogP contribution < -0.4 is 0 Å². The number of aromatic nitrogens is 2. The molecule has 0 bridgehead atoms. The monoisotopic (exact) mass is 292 g/mol. The molecule has 1 saturated heterocycles. The minimum Gasteiger partial charge on any atom is -0.381 e. The average Bonchev–Trinajstić information content (AvgIpc) is 2.81. The lowest BCUT2D eigenvalue weighted by Crippen LogP contribution is -2.23. The van der Waals surface area contributed by atoms with Gasteiger partial charge < -0.3 is 9.30 Å². The van der Waals surface area contributed by atoms with E-state index in [-0.39, 0.29) is 0 Å². The Kier molecular flexibility index (Phi) is 4.27. The molecule has 0 saturated carbocycles. The predicted molar refractivity (Wildman–Crippen MR) is 82.4 cm³/mol. The number of aryl methyl sites for hydroxylation is 2. The van der Waals surface area contributed by atoms with Crippen molar-refractivity contribution in [2.45, 2.75) is 32.7 Å². The highest BCUT2D eigenvalue weighted by Crippen LogP contribution is 2.24. The summed E-state index contributed by atoms with van der Waals surface area (Å²) in [4.78, 5) is 4.81. The second kappa shape index (κ2) is 6.15. The third kappa shape index (κ3) is 2.70. The van der Waals surface area contributed by atoms with Crippen LogP contribution in [0.3, 0.4) is 0 Å². The molecular weight excluding hydrogens is 272 g/mol. The number of benzene rings is 1.